The summed E-state index contributed by atoms with van der Waals surface area (Å²) in [5.74, 6) is 0.136. The maximum atomic E-state index is 11.5. The summed E-state index contributed by atoms with van der Waals surface area (Å²) in [6.45, 7) is 1.80. The molecule has 0 atom stereocenters. The molecule has 0 radical (unpaired) electrons. The summed E-state index contributed by atoms with van der Waals surface area (Å²) in [4.78, 5) is 11.5. The van der Waals surface area contributed by atoms with Gasteiger partial charge in [-0.1, -0.05) is 6.07 Å². The molecule has 1 aromatic rings. The van der Waals surface area contributed by atoms with Gasteiger partial charge in [-0.15, -0.1) is 0 Å². The van der Waals surface area contributed by atoms with Crippen LogP contribution in [-0.4, -0.2) is 13.1 Å². The van der Waals surface area contributed by atoms with E-state index in [-0.39, 0.29) is 5.97 Å². The van der Waals surface area contributed by atoms with E-state index in [4.69, 9.17) is 5.26 Å². The quantitative estimate of drug-likeness (QED) is 0.712. The van der Waals surface area contributed by atoms with Crippen molar-refractivity contribution in [1.29, 1.82) is 5.26 Å². The van der Waals surface area contributed by atoms with E-state index >= 15 is 0 Å². The summed E-state index contributed by atoms with van der Waals surface area (Å²) < 4.78 is 4.68. The zero-order chi connectivity index (χ0) is 11.7. The Morgan fingerprint density at radius 2 is 2.19 bits per heavy atom. The first-order chi connectivity index (χ1) is 7.69. The van der Waals surface area contributed by atoms with Crippen LogP contribution < -0.4 is 0 Å². The van der Waals surface area contributed by atoms with E-state index in [0.29, 0.717) is 17.0 Å². The zero-order valence-electron chi connectivity index (χ0n) is 9.41. The average molecular weight is 215 g/mol. The van der Waals surface area contributed by atoms with Crippen molar-refractivity contribution in [2.45, 2.75) is 25.7 Å². The Bertz CT molecular complexity index is 481. The van der Waals surface area contributed by atoms with Crippen LogP contribution in [0, 0.1) is 18.3 Å². The second kappa shape index (κ2) is 3.97. The van der Waals surface area contributed by atoms with Crippen molar-refractivity contribution < 1.29 is 9.53 Å². The number of carbonyl (C=O) groups excluding carboxylic acids is 1. The molecule has 0 unspecified atom stereocenters. The van der Waals surface area contributed by atoms with Crippen LogP contribution in [0.2, 0.25) is 0 Å². The van der Waals surface area contributed by atoms with Crippen LogP contribution in [0.5, 0.6) is 0 Å². The number of nitrogens with zero attached hydrogens (tertiary/aromatic N) is 1. The Balaban J connectivity index is 2.52. The van der Waals surface area contributed by atoms with Crippen LogP contribution in [0.25, 0.3) is 0 Å². The molecule has 1 aromatic carbocycles. The topological polar surface area (TPSA) is 50.1 Å². The predicted octanol–water partition coefficient (Wildman–Crippen LogP) is 2.53. The fourth-order valence-corrected chi connectivity index (χ4v) is 1.95. The van der Waals surface area contributed by atoms with Gasteiger partial charge >= 0.3 is 5.97 Å². The molecule has 0 N–H and O–H groups in total. The molecule has 0 aromatic heterocycles. The second-order valence-corrected chi connectivity index (χ2v) is 4.08. The number of carbonyl (C=O) groups is 1. The Morgan fingerprint density at radius 3 is 2.69 bits per heavy atom. The molecule has 16 heavy (non-hydrogen) atoms. The molecule has 1 saturated carbocycles. The van der Waals surface area contributed by atoms with Crippen molar-refractivity contribution in [2.75, 3.05) is 7.11 Å². The number of hydrogen-bond donors (Lipinski definition) is 0. The highest BCUT2D eigenvalue weighted by molar-refractivity contribution is 5.91. The lowest BCUT2D eigenvalue weighted by Crippen LogP contribution is -2.06. The summed E-state index contributed by atoms with van der Waals surface area (Å²) in [5, 5.41) is 9.15. The molecule has 0 bridgehead atoms. The number of rotatable bonds is 2. The Kier molecular flexibility index (Phi) is 2.66. The van der Waals surface area contributed by atoms with E-state index in [1.165, 1.54) is 7.11 Å². The van der Waals surface area contributed by atoms with E-state index < -0.39 is 0 Å². The van der Waals surface area contributed by atoms with Gasteiger partial charge in [0.1, 0.15) is 0 Å². The summed E-state index contributed by atoms with van der Waals surface area (Å²) in [6.07, 6.45) is 2.29. The summed E-state index contributed by atoms with van der Waals surface area (Å²) in [6, 6.07) is 5.84. The molecule has 2 rings (SSSR count). The predicted molar refractivity (Wildman–Crippen MR) is 59.2 cm³/mol. The van der Waals surface area contributed by atoms with Gasteiger partial charge in [-0.05, 0) is 42.9 Å². The number of hydrogen-bond acceptors (Lipinski definition) is 3. The largest absolute Gasteiger partial charge is 0.465 e. The van der Waals surface area contributed by atoms with Crippen LogP contribution in [0.3, 0.4) is 0 Å². The van der Waals surface area contributed by atoms with Crippen LogP contribution in [0.15, 0.2) is 12.1 Å². The van der Waals surface area contributed by atoms with Gasteiger partial charge in [0.05, 0.1) is 24.3 Å². The third-order valence-electron chi connectivity index (χ3n) is 3.03. The number of ether oxygens (including phenoxy) is 1. The van der Waals surface area contributed by atoms with Gasteiger partial charge in [0.15, 0.2) is 0 Å². The molecular weight excluding hydrogens is 202 g/mol. The standard InChI is InChI=1S/C13H13NO2/c1-8-10(13(15)16-2)5-6-11(9-3-4-9)12(8)7-14/h5-6,9H,3-4H2,1-2H3. The van der Waals surface area contributed by atoms with Gasteiger partial charge in [0.2, 0.25) is 0 Å². The molecule has 82 valence electrons. The fraction of sp³-hybridized carbons (Fsp3) is 0.385. The summed E-state index contributed by atoms with van der Waals surface area (Å²) in [5.41, 5.74) is 2.94. The van der Waals surface area contributed by atoms with E-state index in [2.05, 4.69) is 10.8 Å². The minimum absolute atomic E-state index is 0.378. The average Bonchev–Trinajstić information content (AvgIpc) is 3.11. The smallest absolute Gasteiger partial charge is 0.338 e. The van der Waals surface area contributed by atoms with E-state index in [0.717, 1.165) is 24.0 Å². The van der Waals surface area contributed by atoms with E-state index in [1.807, 2.05) is 6.07 Å². The van der Waals surface area contributed by atoms with Crippen LogP contribution >= 0.6 is 0 Å². The molecule has 1 fully saturated rings. The molecule has 1 aliphatic rings. The Hall–Kier alpha value is -1.82. The molecule has 1 aliphatic carbocycles. The minimum atomic E-state index is -0.378. The molecule has 0 aliphatic heterocycles. The highest BCUT2D eigenvalue weighted by Gasteiger charge is 2.28. The highest BCUT2D eigenvalue weighted by Crippen LogP contribution is 2.42. The molecular formula is C13H13NO2. The van der Waals surface area contributed by atoms with Gasteiger partial charge in [0, 0.05) is 0 Å². The lowest BCUT2D eigenvalue weighted by molar-refractivity contribution is 0.0600. The summed E-state index contributed by atoms with van der Waals surface area (Å²) in [7, 11) is 1.35. The first kappa shape index (κ1) is 10.7. The second-order valence-electron chi connectivity index (χ2n) is 4.08. The van der Waals surface area contributed by atoms with Gasteiger partial charge in [-0.3, -0.25) is 0 Å². The minimum Gasteiger partial charge on any atom is -0.465 e. The fourth-order valence-electron chi connectivity index (χ4n) is 1.95. The third-order valence-corrected chi connectivity index (χ3v) is 3.03. The summed E-state index contributed by atoms with van der Waals surface area (Å²) >= 11 is 0. The number of esters is 1. The SMILES string of the molecule is COC(=O)c1ccc(C2CC2)c(C#N)c1C. The Morgan fingerprint density at radius 1 is 1.50 bits per heavy atom. The van der Waals surface area contributed by atoms with E-state index in [1.54, 1.807) is 13.0 Å². The van der Waals surface area contributed by atoms with Crippen molar-refractivity contribution in [3.05, 3.63) is 34.4 Å². The van der Waals surface area contributed by atoms with Crippen molar-refractivity contribution in [1.82, 2.24) is 0 Å². The molecule has 0 saturated heterocycles. The van der Waals surface area contributed by atoms with Gasteiger partial charge < -0.3 is 4.74 Å². The molecule has 0 spiro atoms. The third kappa shape index (κ3) is 1.67. The van der Waals surface area contributed by atoms with Crippen LogP contribution in [-0.2, 0) is 4.74 Å². The molecule has 3 heteroatoms. The molecule has 0 amide bonds. The number of nitriles is 1. The van der Waals surface area contributed by atoms with Crippen molar-refractivity contribution in [3.63, 3.8) is 0 Å². The normalized spacial score (nSPS) is 14.3. The van der Waals surface area contributed by atoms with Gasteiger partial charge in [-0.25, -0.2) is 4.79 Å². The van der Waals surface area contributed by atoms with Crippen molar-refractivity contribution in [3.8, 4) is 6.07 Å². The number of benzene rings is 1. The number of methoxy groups -OCH3 is 1. The van der Waals surface area contributed by atoms with Crippen LogP contribution in [0.1, 0.15) is 45.8 Å². The van der Waals surface area contributed by atoms with Crippen molar-refractivity contribution >= 4 is 5.97 Å². The lowest BCUT2D eigenvalue weighted by atomic mass is 9.95. The molecule has 3 nitrogen and oxygen atoms in total. The maximum absolute atomic E-state index is 11.5. The van der Waals surface area contributed by atoms with Crippen molar-refractivity contribution in [2.24, 2.45) is 0 Å². The zero-order valence-corrected chi connectivity index (χ0v) is 9.41. The Labute approximate surface area is 94.6 Å². The first-order valence-electron chi connectivity index (χ1n) is 5.31. The van der Waals surface area contributed by atoms with E-state index in [9.17, 15) is 4.79 Å². The van der Waals surface area contributed by atoms with Crippen LogP contribution in [0.4, 0.5) is 0 Å². The molecule has 0 heterocycles. The van der Waals surface area contributed by atoms with Gasteiger partial charge in [-0.2, -0.15) is 5.26 Å². The van der Waals surface area contributed by atoms with Gasteiger partial charge in [0.25, 0.3) is 0 Å². The maximum Gasteiger partial charge on any atom is 0.338 e. The monoisotopic (exact) mass is 215 g/mol. The highest BCUT2D eigenvalue weighted by atomic mass is 16.5. The lowest BCUT2D eigenvalue weighted by Gasteiger charge is -2.09. The first-order valence-corrected chi connectivity index (χ1v) is 5.31.